The van der Waals surface area contributed by atoms with Crippen molar-refractivity contribution in [2.75, 3.05) is 26.3 Å². The number of amides is 1. The number of likely N-dealkylation sites (tertiary alicyclic amines) is 1. The van der Waals surface area contributed by atoms with Gasteiger partial charge in [-0.25, -0.2) is 4.79 Å². The third-order valence-corrected chi connectivity index (χ3v) is 2.62. The predicted octanol–water partition coefficient (Wildman–Crippen LogP) is 1.58. The molecule has 0 N–H and O–H groups in total. The summed E-state index contributed by atoms with van der Waals surface area (Å²) >= 11 is 0. The van der Waals surface area contributed by atoms with Crippen LogP contribution in [-0.2, 0) is 14.3 Å². The second kappa shape index (κ2) is 6.93. The second-order valence-corrected chi connectivity index (χ2v) is 3.90. The molecule has 0 aromatic carbocycles. The lowest BCUT2D eigenvalue weighted by Crippen LogP contribution is -2.43. The summed E-state index contributed by atoms with van der Waals surface area (Å²) in [6, 6.07) is 0. The number of hydrogen-bond donors (Lipinski definition) is 0. The first kappa shape index (κ1) is 13.5. The van der Waals surface area contributed by atoms with Crippen molar-refractivity contribution in [3.63, 3.8) is 0 Å². The monoisotopic (exact) mass is 241 g/mol. The van der Waals surface area contributed by atoms with E-state index < -0.39 is 0 Å². The zero-order valence-electron chi connectivity index (χ0n) is 10.2. The van der Waals surface area contributed by atoms with Crippen LogP contribution in [-0.4, -0.2) is 43.3 Å². The Morgan fingerprint density at radius 1 is 1.47 bits per heavy atom. The zero-order chi connectivity index (χ0) is 12.7. The summed E-state index contributed by atoms with van der Waals surface area (Å²) in [5.41, 5.74) is 0. The highest BCUT2D eigenvalue weighted by Gasteiger charge is 2.29. The molecular weight excluding hydrogens is 222 g/mol. The van der Waals surface area contributed by atoms with Gasteiger partial charge in [0, 0.05) is 13.1 Å². The van der Waals surface area contributed by atoms with Crippen molar-refractivity contribution in [3.05, 3.63) is 12.7 Å². The van der Waals surface area contributed by atoms with E-state index in [9.17, 15) is 9.59 Å². The van der Waals surface area contributed by atoms with E-state index in [1.165, 1.54) is 6.08 Å². The maximum absolute atomic E-state index is 11.6. The quantitative estimate of drug-likeness (QED) is 0.554. The van der Waals surface area contributed by atoms with Gasteiger partial charge in [0.1, 0.15) is 6.61 Å². The molecule has 1 atom stereocenters. The Balaban J connectivity index is 2.45. The number of carbonyl (C=O) groups excluding carboxylic acids is 2. The molecule has 96 valence electrons. The van der Waals surface area contributed by atoms with Crippen LogP contribution in [0.15, 0.2) is 12.7 Å². The molecule has 0 aromatic rings. The number of rotatable bonds is 4. The molecular formula is C12H19NO4. The molecule has 1 amide bonds. The summed E-state index contributed by atoms with van der Waals surface area (Å²) in [6.07, 6.45) is 2.69. The maximum Gasteiger partial charge on any atom is 0.410 e. The number of carbonyl (C=O) groups is 2. The van der Waals surface area contributed by atoms with Crippen LogP contribution in [0.4, 0.5) is 4.79 Å². The second-order valence-electron chi connectivity index (χ2n) is 3.90. The van der Waals surface area contributed by atoms with Crippen LogP contribution in [0.5, 0.6) is 0 Å². The molecule has 0 radical (unpaired) electrons. The van der Waals surface area contributed by atoms with Crippen LogP contribution in [0.1, 0.15) is 19.8 Å². The molecule has 1 aliphatic heterocycles. The van der Waals surface area contributed by atoms with Gasteiger partial charge in [0.2, 0.25) is 0 Å². The number of esters is 1. The molecule has 5 nitrogen and oxygen atoms in total. The first-order valence-electron chi connectivity index (χ1n) is 5.88. The van der Waals surface area contributed by atoms with Crippen molar-refractivity contribution in [1.29, 1.82) is 0 Å². The van der Waals surface area contributed by atoms with Crippen molar-refractivity contribution >= 4 is 12.1 Å². The molecule has 5 heteroatoms. The maximum atomic E-state index is 11.6. The average Bonchev–Trinajstić information content (AvgIpc) is 2.36. The molecule has 0 unspecified atom stereocenters. The van der Waals surface area contributed by atoms with Gasteiger partial charge in [-0.2, -0.15) is 0 Å². The van der Waals surface area contributed by atoms with E-state index in [1.54, 1.807) is 11.8 Å². The summed E-state index contributed by atoms with van der Waals surface area (Å²) in [4.78, 5) is 24.7. The van der Waals surface area contributed by atoms with Gasteiger partial charge in [-0.15, -0.1) is 0 Å². The zero-order valence-corrected chi connectivity index (χ0v) is 10.2. The third kappa shape index (κ3) is 4.09. The number of ether oxygens (including phenoxy) is 2. The highest BCUT2D eigenvalue weighted by molar-refractivity contribution is 5.74. The Morgan fingerprint density at radius 3 is 2.88 bits per heavy atom. The van der Waals surface area contributed by atoms with Crippen molar-refractivity contribution in [1.82, 2.24) is 4.90 Å². The Morgan fingerprint density at radius 2 is 2.24 bits per heavy atom. The van der Waals surface area contributed by atoms with Crippen LogP contribution in [0.3, 0.4) is 0 Å². The van der Waals surface area contributed by atoms with Crippen LogP contribution in [0, 0.1) is 5.92 Å². The van der Waals surface area contributed by atoms with Gasteiger partial charge in [-0.3, -0.25) is 4.79 Å². The standard InChI is InChI=1S/C12H19NO4/c1-3-8-17-12(15)13-7-5-6-10(9-13)11(14)16-4-2/h3,10H,1,4-9H2,2H3/t10-/m1/s1. The molecule has 0 spiro atoms. The van der Waals surface area contributed by atoms with Gasteiger partial charge in [0.05, 0.1) is 12.5 Å². The van der Waals surface area contributed by atoms with Gasteiger partial charge >= 0.3 is 12.1 Å². The molecule has 1 aliphatic rings. The lowest BCUT2D eigenvalue weighted by Gasteiger charge is -2.30. The highest BCUT2D eigenvalue weighted by atomic mass is 16.6. The van der Waals surface area contributed by atoms with Crippen LogP contribution >= 0.6 is 0 Å². The van der Waals surface area contributed by atoms with Crippen LogP contribution in [0.25, 0.3) is 0 Å². The third-order valence-electron chi connectivity index (χ3n) is 2.62. The SMILES string of the molecule is C=CCOC(=O)N1CCC[C@@H](C(=O)OCC)C1. The van der Waals surface area contributed by atoms with E-state index in [4.69, 9.17) is 9.47 Å². The summed E-state index contributed by atoms with van der Waals surface area (Å²) in [5.74, 6) is -0.450. The fourth-order valence-corrected chi connectivity index (χ4v) is 1.82. The Kier molecular flexibility index (Phi) is 5.52. The smallest absolute Gasteiger partial charge is 0.410 e. The van der Waals surface area contributed by atoms with Crippen molar-refractivity contribution in [3.8, 4) is 0 Å². The fourth-order valence-electron chi connectivity index (χ4n) is 1.82. The summed E-state index contributed by atoms with van der Waals surface area (Å²) in [7, 11) is 0. The Hall–Kier alpha value is -1.52. The van der Waals surface area contributed by atoms with Gasteiger partial charge in [-0.05, 0) is 19.8 Å². The fraction of sp³-hybridized carbons (Fsp3) is 0.667. The van der Waals surface area contributed by atoms with E-state index in [2.05, 4.69) is 6.58 Å². The molecule has 1 heterocycles. The average molecular weight is 241 g/mol. The van der Waals surface area contributed by atoms with Crippen LogP contribution in [0.2, 0.25) is 0 Å². The van der Waals surface area contributed by atoms with Crippen molar-refractivity contribution < 1.29 is 19.1 Å². The number of nitrogens with zero attached hydrogens (tertiary/aromatic N) is 1. The minimum absolute atomic E-state index is 0.194. The van der Waals surface area contributed by atoms with E-state index in [0.717, 1.165) is 12.8 Å². The molecule has 1 saturated heterocycles. The molecule has 0 aromatic heterocycles. The normalized spacial score (nSPS) is 19.6. The molecule has 0 aliphatic carbocycles. The van der Waals surface area contributed by atoms with Crippen molar-refractivity contribution in [2.24, 2.45) is 5.92 Å². The van der Waals surface area contributed by atoms with E-state index in [-0.39, 0.29) is 24.6 Å². The van der Waals surface area contributed by atoms with E-state index in [0.29, 0.717) is 19.7 Å². The van der Waals surface area contributed by atoms with E-state index >= 15 is 0 Å². The highest BCUT2D eigenvalue weighted by Crippen LogP contribution is 2.18. The Labute approximate surface area is 101 Å². The molecule has 17 heavy (non-hydrogen) atoms. The first-order chi connectivity index (χ1) is 8.19. The molecule has 0 saturated carbocycles. The van der Waals surface area contributed by atoms with E-state index in [1.807, 2.05) is 0 Å². The lowest BCUT2D eigenvalue weighted by atomic mass is 9.99. The number of piperidine rings is 1. The topological polar surface area (TPSA) is 55.8 Å². The summed E-state index contributed by atoms with van der Waals surface area (Å²) < 4.78 is 9.89. The van der Waals surface area contributed by atoms with Crippen LogP contribution < -0.4 is 0 Å². The van der Waals surface area contributed by atoms with Gasteiger partial charge in [0.15, 0.2) is 0 Å². The number of hydrogen-bond acceptors (Lipinski definition) is 4. The van der Waals surface area contributed by atoms with Gasteiger partial charge < -0.3 is 14.4 Å². The first-order valence-corrected chi connectivity index (χ1v) is 5.88. The minimum atomic E-state index is -0.390. The van der Waals surface area contributed by atoms with Crippen molar-refractivity contribution in [2.45, 2.75) is 19.8 Å². The summed E-state index contributed by atoms with van der Waals surface area (Å²) in [5, 5.41) is 0. The predicted molar refractivity (Wildman–Crippen MR) is 62.5 cm³/mol. The largest absolute Gasteiger partial charge is 0.466 e. The molecule has 1 fully saturated rings. The van der Waals surface area contributed by atoms with Gasteiger partial charge in [-0.1, -0.05) is 12.7 Å². The lowest BCUT2D eigenvalue weighted by molar-refractivity contribution is -0.149. The molecule has 1 rings (SSSR count). The van der Waals surface area contributed by atoms with Gasteiger partial charge in [0.25, 0.3) is 0 Å². The summed E-state index contributed by atoms with van der Waals surface area (Å²) in [6.45, 7) is 6.83. The molecule has 0 bridgehead atoms. The minimum Gasteiger partial charge on any atom is -0.466 e. The Bertz CT molecular complexity index is 290.